The summed E-state index contributed by atoms with van der Waals surface area (Å²) in [5.74, 6) is 3.67. The Balaban J connectivity index is 1.44. The van der Waals surface area contributed by atoms with E-state index in [1.54, 1.807) is 5.56 Å². The van der Waals surface area contributed by atoms with Crippen molar-refractivity contribution in [2.24, 2.45) is 17.8 Å². The molecule has 0 spiro atoms. The second-order valence-electron chi connectivity index (χ2n) is 8.69. The molecule has 2 aliphatic rings. The molecule has 0 heteroatoms. The standard InChI is InChI=1S/C26H38/c1-3-5-6-8-22-11-15-24(16-12-22)26-19-17-25(18-20-26)23-13-9-21(7-4-2)10-14-23/h3,5-6,8-10,13-14,22,24-26H,4,7,11-12,15-20H2,1-2H3/b5-3+,8-6+. The zero-order valence-corrected chi connectivity index (χ0v) is 17.0. The summed E-state index contributed by atoms with van der Waals surface area (Å²) in [5.41, 5.74) is 3.10. The lowest BCUT2D eigenvalue weighted by Crippen LogP contribution is -2.25. The number of benzene rings is 1. The van der Waals surface area contributed by atoms with Crippen molar-refractivity contribution in [3.8, 4) is 0 Å². The van der Waals surface area contributed by atoms with Gasteiger partial charge in [0.2, 0.25) is 0 Å². The van der Waals surface area contributed by atoms with Gasteiger partial charge in [0.25, 0.3) is 0 Å². The molecule has 0 bridgehead atoms. The summed E-state index contributed by atoms with van der Waals surface area (Å²) in [5, 5.41) is 0. The third-order valence-corrected chi connectivity index (χ3v) is 6.93. The minimum absolute atomic E-state index is 0.821. The van der Waals surface area contributed by atoms with E-state index in [0.29, 0.717) is 0 Å². The maximum absolute atomic E-state index is 2.44. The van der Waals surface area contributed by atoms with Crippen molar-refractivity contribution in [2.45, 2.75) is 84.0 Å². The molecule has 0 radical (unpaired) electrons. The first kappa shape index (κ1) is 19.5. The molecule has 0 aliphatic heterocycles. The van der Waals surface area contributed by atoms with Crippen molar-refractivity contribution in [2.75, 3.05) is 0 Å². The molecule has 0 atom stereocenters. The number of aryl methyl sites for hydroxylation is 1. The third-order valence-electron chi connectivity index (χ3n) is 6.93. The van der Waals surface area contributed by atoms with Gasteiger partial charge in [-0.1, -0.05) is 61.9 Å². The normalized spacial score (nSPS) is 30.2. The molecule has 2 saturated carbocycles. The Kier molecular flexibility index (Phi) is 7.59. The molecule has 26 heavy (non-hydrogen) atoms. The minimum Gasteiger partial charge on any atom is -0.0877 e. The van der Waals surface area contributed by atoms with Crippen LogP contribution in [0.5, 0.6) is 0 Å². The largest absolute Gasteiger partial charge is 0.0877 e. The fourth-order valence-corrected chi connectivity index (χ4v) is 5.31. The van der Waals surface area contributed by atoms with Crippen LogP contribution in [0.25, 0.3) is 0 Å². The Hall–Kier alpha value is -1.30. The average Bonchev–Trinajstić information content (AvgIpc) is 2.70. The predicted octanol–water partition coefficient (Wildman–Crippen LogP) is 7.85. The summed E-state index contributed by atoms with van der Waals surface area (Å²) < 4.78 is 0. The van der Waals surface area contributed by atoms with E-state index in [1.165, 1.54) is 69.8 Å². The van der Waals surface area contributed by atoms with Crippen LogP contribution in [0.15, 0.2) is 48.6 Å². The topological polar surface area (TPSA) is 0 Å². The van der Waals surface area contributed by atoms with E-state index in [2.05, 4.69) is 62.4 Å². The van der Waals surface area contributed by atoms with E-state index in [9.17, 15) is 0 Å². The van der Waals surface area contributed by atoms with Gasteiger partial charge in [0.15, 0.2) is 0 Å². The van der Waals surface area contributed by atoms with E-state index in [4.69, 9.17) is 0 Å². The zero-order chi connectivity index (χ0) is 18.2. The van der Waals surface area contributed by atoms with Gasteiger partial charge in [0.1, 0.15) is 0 Å². The predicted molar refractivity (Wildman–Crippen MR) is 115 cm³/mol. The van der Waals surface area contributed by atoms with Gasteiger partial charge in [0.05, 0.1) is 0 Å². The molecule has 1 aromatic rings. The van der Waals surface area contributed by atoms with E-state index in [1.807, 2.05) is 0 Å². The average molecular weight is 351 g/mol. The number of hydrogen-bond donors (Lipinski definition) is 0. The van der Waals surface area contributed by atoms with Gasteiger partial charge in [0, 0.05) is 0 Å². The SMILES string of the molecule is C/C=C/C=C/C1CCC(C2CCC(c3ccc(CCC)cc3)CC2)CC1. The summed E-state index contributed by atoms with van der Waals surface area (Å²) in [4.78, 5) is 0. The molecular formula is C26H38. The Morgan fingerprint density at radius 2 is 1.42 bits per heavy atom. The van der Waals surface area contributed by atoms with Crippen LogP contribution in [0.3, 0.4) is 0 Å². The van der Waals surface area contributed by atoms with Gasteiger partial charge in [-0.3, -0.25) is 0 Å². The van der Waals surface area contributed by atoms with Crippen molar-refractivity contribution >= 4 is 0 Å². The molecule has 142 valence electrons. The zero-order valence-electron chi connectivity index (χ0n) is 17.0. The van der Waals surface area contributed by atoms with E-state index in [0.717, 1.165) is 23.7 Å². The van der Waals surface area contributed by atoms with Crippen LogP contribution in [0.4, 0.5) is 0 Å². The molecule has 0 aromatic heterocycles. The Morgan fingerprint density at radius 3 is 2.00 bits per heavy atom. The van der Waals surface area contributed by atoms with Crippen LogP contribution in [0.2, 0.25) is 0 Å². The summed E-state index contributed by atoms with van der Waals surface area (Å²) in [6, 6.07) is 9.57. The van der Waals surface area contributed by atoms with Gasteiger partial charge in [-0.25, -0.2) is 0 Å². The molecule has 2 fully saturated rings. The quantitative estimate of drug-likeness (QED) is 0.458. The Labute approximate surface area is 161 Å². The number of rotatable bonds is 6. The second-order valence-corrected chi connectivity index (χ2v) is 8.69. The molecule has 3 rings (SSSR count). The monoisotopic (exact) mass is 350 g/mol. The summed E-state index contributed by atoms with van der Waals surface area (Å²) in [7, 11) is 0. The molecule has 0 unspecified atom stereocenters. The number of hydrogen-bond acceptors (Lipinski definition) is 0. The highest BCUT2D eigenvalue weighted by Crippen LogP contribution is 2.44. The lowest BCUT2D eigenvalue weighted by Gasteiger charge is -2.37. The molecular weight excluding hydrogens is 312 g/mol. The molecule has 1 aromatic carbocycles. The van der Waals surface area contributed by atoms with E-state index in [-0.39, 0.29) is 0 Å². The van der Waals surface area contributed by atoms with E-state index >= 15 is 0 Å². The smallest absolute Gasteiger partial charge is 0.0162 e. The highest BCUT2D eigenvalue weighted by atomic mass is 14.4. The summed E-state index contributed by atoms with van der Waals surface area (Å²) in [6.45, 7) is 4.36. The van der Waals surface area contributed by atoms with Crippen molar-refractivity contribution in [3.63, 3.8) is 0 Å². The van der Waals surface area contributed by atoms with Crippen LogP contribution in [0.1, 0.15) is 88.7 Å². The first-order chi connectivity index (χ1) is 12.8. The number of allylic oxidation sites excluding steroid dienone is 4. The van der Waals surface area contributed by atoms with Crippen molar-refractivity contribution in [1.29, 1.82) is 0 Å². The van der Waals surface area contributed by atoms with Crippen LogP contribution in [-0.2, 0) is 6.42 Å². The van der Waals surface area contributed by atoms with Gasteiger partial charge < -0.3 is 0 Å². The lowest BCUT2D eigenvalue weighted by atomic mass is 9.68. The maximum atomic E-state index is 2.44. The Morgan fingerprint density at radius 1 is 0.808 bits per heavy atom. The lowest BCUT2D eigenvalue weighted by molar-refractivity contribution is 0.171. The third kappa shape index (κ3) is 5.35. The van der Waals surface area contributed by atoms with Crippen molar-refractivity contribution in [1.82, 2.24) is 0 Å². The van der Waals surface area contributed by atoms with Crippen molar-refractivity contribution in [3.05, 3.63) is 59.7 Å². The molecule has 0 heterocycles. The highest BCUT2D eigenvalue weighted by molar-refractivity contribution is 5.26. The van der Waals surface area contributed by atoms with Gasteiger partial charge in [-0.05, 0) is 99.5 Å². The fraction of sp³-hybridized carbons (Fsp3) is 0.615. The first-order valence-electron chi connectivity index (χ1n) is 11.2. The van der Waals surface area contributed by atoms with Gasteiger partial charge >= 0.3 is 0 Å². The fourth-order valence-electron chi connectivity index (χ4n) is 5.31. The summed E-state index contributed by atoms with van der Waals surface area (Å²) in [6.07, 6.45) is 23.0. The van der Waals surface area contributed by atoms with E-state index < -0.39 is 0 Å². The minimum atomic E-state index is 0.821. The summed E-state index contributed by atoms with van der Waals surface area (Å²) >= 11 is 0. The van der Waals surface area contributed by atoms with Gasteiger partial charge in [-0.2, -0.15) is 0 Å². The van der Waals surface area contributed by atoms with Crippen molar-refractivity contribution < 1.29 is 0 Å². The molecule has 2 aliphatic carbocycles. The molecule has 0 amide bonds. The van der Waals surface area contributed by atoms with Crippen LogP contribution in [0, 0.1) is 17.8 Å². The van der Waals surface area contributed by atoms with Crippen LogP contribution < -0.4 is 0 Å². The van der Waals surface area contributed by atoms with Crippen LogP contribution >= 0.6 is 0 Å². The maximum Gasteiger partial charge on any atom is -0.0162 e. The highest BCUT2D eigenvalue weighted by Gasteiger charge is 2.30. The van der Waals surface area contributed by atoms with Gasteiger partial charge in [-0.15, -0.1) is 0 Å². The molecule has 0 N–H and O–H groups in total. The molecule has 0 nitrogen and oxygen atoms in total. The second kappa shape index (κ2) is 10.1. The Bertz CT molecular complexity index is 561. The first-order valence-corrected chi connectivity index (χ1v) is 11.2. The molecule has 0 saturated heterocycles. The van der Waals surface area contributed by atoms with Crippen LogP contribution in [-0.4, -0.2) is 0 Å².